The zero-order valence-electron chi connectivity index (χ0n) is 13.5. The molecule has 23 heavy (non-hydrogen) atoms. The Morgan fingerprint density at radius 3 is 2.65 bits per heavy atom. The van der Waals surface area contributed by atoms with Crippen molar-refractivity contribution in [2.24, 2.45) is 0 Å². The normalized spacial score (nSPS) is 10.3. The minimum atomic E-state index is -0.195. The topological polar surface area (TPSA) is 47.6 Å². The molecule has 2 aromatic rings. The molecule has 0 aliphatic carbocycles. The van der Waals surface area contributed by atoms with Crippen molar-refractivity contribution in [1.29, 1.82) is 0 Å². The minimum Gasteiger partial charge on any atom is -0.495 e. The summed E-state index contributed by atoms with van der Waals surface area (Å²) in [6.07, 6.45) is 0. The number of halogens is 1. The van der Waals surface area contributed by atoms with E-state index in [-0.39, 0.29) is 5.91 Å². The molecule has 0 atom stereocenters. The van der Waals surface area contributed by atoms with Gasteiger partial charge in [-0.2, -0.15) is 0 Å². The third-order valence-electron chi connectivity index (χ3n) is 3.61. The highest BCUT2D eigenvalue weighted by Gasteiger charge is 2.09. The van der Waals surface area contributed by atoms with Gasteiger partial charge in [-0.15, -0.1) is 0 Å². The maximum atomic E-state index is 12.1. The Morgan fingerprint density at radius 2 is 1.96 bits per heavy atom. The van der Waals surface area contributed by atoms with Crippen molar-refractivity contribution in [2.45, 2.75) is 13.8 Å². The molecular weight excluding hydrogens is 314 g/mol. The van der Waals surface area contributed by atoms with Crippen molar-refractivity contribution in [3.05, 3.63) is 58.1 Å². The van der Waals surface area contributed by atoms with Crippen LogP contribution in [-0.4, -0.2) is 26.2 Å². The molecule has 0 radical (unpaired) electrons. The molecule has 1 N–H and O–H groups in total. The quantitative estimate of drug-likeness (QED) is 0.818. The number of ether oxygens (including phenoxy) is 2. The lowest BCUT2D eigenvalue weighted by Crippen LogP contribution is -2.28. The van der Waals surface area contributed by atoms with E-state index in [2.05, 4.69) is 5.32 Å². The first-order valence-electron chi connectivity index (χ1n) is 7.33. The zero-order valence-corrected chi connectivity index (χ0v) is 14.2. The lowest BCUT2D eigenvalue weighted by Gasteiger charge is -2.11. The lowest BCUT2D eigenvalue weighted by atomic mass is 10.1. The summed E-state index contributed by atoms with van der Waals surface area (Å²) in [5.74, 6) is 1.19. The molecule has 0 bridgehead atoms. The molecule has 0 heterocycles. The Morgan fingerprint density at radius 1 is 1.17 bits per heavy atom. The van der Waals surface area contributed by atoms with E-state index >= 15 is 0 Å². The third kappa shape index (κ3) is 4.39. The van der Waals surface area contributed by atoms with Crippen molar-refractivity contribution in [1.82, 2.24) is 5.32 Å². The Balaban J connectivity index is 1.85. The first-order valence-corrected chi connectivity index (χ1v) is 7.71. The second kappa shape index (κ2) is 7.88. The van der Waals surface area contributed by atoms with Gasteiger partial charge >= 0.3 is 0 Å². The summed E-state index contributed by atoms with van der Waals surface area (Å²) in [4.78, 5) is 12.1. The van der Waals surface area contributed by atoms with Gasteiger partial charge in [-0.05, 0) is 49.2 Å². The minimum absolute atomic E-state index is 0.195. The number of carbonyl (C=O) groups excluding carboxylic acids is 1. The Labute approximate surface area is 141 Å². The highest BCUT2D eigenvalue weighted by atomic mass is 35.5. The molecule has 1 amide bonds. The van der Waals surface area contributed by atoms with Crippen LogP contribution in [0.4, 0.5) is 0 Å². The van der Waals surface area contributed by atoms with E-state index in [4.69, 9.17) is 21.1 Å². The number of nitrogens with one attached hydrogen (secondary N) is 1. The summed E-state index contributed by atoms with van der Waals surface area (Å²) in [5.41, 5.74) is 2.78. The molecule has 2 aromatic carbocycles. The van der Waals surface area contributed by atoms with Gasteiger partial charge in [0.15, 0.2) is 0 Å². The summed E-state index contributed by atoms with van der Waals surface area (Å²) in [6, 6.07) is 10.8. The van der Waals surface area contributed by atoms with Crippen LogP contribution in [0.15, 0.2) is 36.4 Å². The number of methoxy groups -OCH3 is 1. The summed E-state index contributed by atoms with van der Waals surface area (Å²) >= 11 is 6.02. The van der Waals surface area contributed by atoms with Crippen molar-refractivity contribution in [3.63, 3.8) is 0 Å². The van der Waals surface area contributed by atoms with Crippen molar-refractivity contribution in [3.8, 4) is 11.5 Å². The van der Waals surface area contributed by atoms with E-state index in [1.54, 1.807) is 18.2 Å². The first kappa shape index (κ1) is 17.2. The Kier molecular flexibility index (Phi) is 5.88. The van der Waals surface area contributed by atoms with Crippen LogP contribution >= 0.6 is 11.6 Å². The SMILES string of the molecule is COc1ccc(C(=O)NCCOc2cccc(C)c2C)cc1Cl. The average Bonchev–Trinajstić information content (AvgIpc) is 2.55. The number of hydrogen-bond acceptors (Lipinski definition) is 3. The fourth-order valence-electron chi connectivity index (χ4n) is 2.12. The van der Waals surface area contributed by atoms with Crippen LogP contribution in [0.5, 0.6) is 11.5 Å². The monoisotopic (exact) mass is 333 g/mol. The fourth-order valence-corrected chi connectivity index (χ4v) is 2.37. The Bertz CT molecular complexity index is 701. The van der Waals surface area contributed by atoms with Gasteiger partial charge in [-0.3, -0.25) is 4.79 Å². The van der Waals surface area contributed by atoms with Gasteiger partial charge in [0.25, 0.3) is 5.91 Å². The molecular formula is C18H20ClNO3. The van der Waals surface area contributed by atoms with E-state index in [9.17, 15) is 4.79 Å². The van der Waals surface area contributed by atoms with Gasteiger partial charge in [-0.1, -0.05) is 23.7 Å². The van der Waals surface area contributed by atoms with Crippen LogP contribution < -0.4 is 14.8 Å². The second-order valence-corrected chi connectivity index (χ2v) is 5.56. The summed E-state index contributed by atoms with van der Waals surface area (Å²) < 4.78 is 10.8. The molecule has 0 aliphatic heterocycles. The van der Waals surface area contributed by atoms with Crippen LogP contribution in [0.25, 0.3) is 0 Å². The highest BCUT2D eigenvalue weighted by Crippen LogP contribution is 2.24. The van der Waals surface area contributed by atoms with Gasteiger partial charge < -0.3 is 14.8 Å². The van der Waals surface area contributed by atoms with Gasteiger partial charge in [0.1, 0.15) is 18.1 Å². The predicted octanol–water partition coefficient (Wildman–Crippen LogP) is 3.77. The van der Waals surface area contributed by atoms with E-state index in [0.717, 1.165) is 11.3 Å². The van der Waals surface area contributed by atoms with Crippen LogP contribution in [0.1, 0.15) is 21.5 Å². The maximum Gasteiger partial charge on any atom is 0.251 e. The standard InChI is InChI=1S/C18H20ClNO3/c1-12-5-4-6-16(13(12)2)23-10-9-20-18(21)14-7-8-17(22-3)15(19)11-14/h4-8,11H,9-10H2,1-3H3,(H,20,21). The summed E-state index contributed by atoms with van der Waals surface area (Å²) in [5, 5.41) is 3.21. The van der Waals surface area contributed by atoms with Gasteiger partial charge in [0, 0.05) is 5.56 Å². The predicted molar refractivity (Wildman–Crippen MR) is 91.7 cm³/mol. The number of aryl methyl sites for hydroxylation is 1. The Hall–Kier alpha value is -2.20. The fraction of sp³-hybridized carbons (Fsp3) is 0.278. The number of amides is 1. The second-order valence-electron chi connectivity index (χ2n) is 5.15. The maximum absolute atomic E-state index is 12.1. The largest absolute Gasteiger partial charge is 0.495 e. The van der Waals surface area contributed by atoms with Crippen molar-refractivity contribution >= 4 is 17.5 Å². The van der Waals surface area contributed by atoms with Crippen LogP contribution in [0.2, 0.25) is 5.02 Å². The molecule has 0 unspecified atom stereocenters. The van der Waals surface area contributed by atoms with Gasteiger partial charge in [0.2, 0.25) is 0 Å². The molecule has 0 aromatic heterocycles. The molecule has 122 valence electrons. The van der Waals surface area contributed by atoms with E-state index in [1.807, 2.05) is 32.0 Å². The summed E-state index contributed by atoms with van der Waals surface area (Å²) in [6.45, 7) is 4.87. The summed E-state index contributed by atoms with van der Waals surface area (Å²) in [7, 11) is 1.53. The molecule has 0 aliphatic rings. The van der Waals surface area contributed by atoms with Crippen LogP contribution in [0.3, 0.4) is 0 Å². The van der Waals surface area contributed by atoms with Crippen molar-refractivity contribution in [2.75, 3.05) is 20.3 Å². The molecule has 5 heteroatoms. The van der Waals surface area contributed by atoms with E-state index in [0.29, 0.717) is 29.5 Å². The van der Waals surface area contributed by atoms with Crippen molar-refractivity contribution < 1.29 is 14.3 Å². The molecule has 0 saturated heterocycles. The smallest absolute Gasteiger partial charge is 0.251 e. The zero-order chi connectivity index (χ0) is 16.8. The lowest BCUT2D eigenvalue weighted by molar-refractivity contribution is 0.0947. The third-order valence-corrected chi connectivity index (χ3v) is 3.91. The first-order chi connectivity index (χ1) is 11.0. The van der Waals surface area contributed by atoms with Gasteiger partial charge in [0.05, 0.1) is 18.7 Å². The number of benzene rings is 2. The average molecular weight is 334 g/mol. The molecule has 0 fully saturated rings. The molecule has 0 saturated carbocycles. The number of hydrogen-bond donors (Lipinski definition) is 1. The van der Waals surface area contributed by atoms with Crippen LogP contribution in [0, 0.1) is 13.8 Å². The van der Waals surface area contributed by atoms with Gasteiger partial charge in [-0.25, -0.2) is 0 Å². The molecule has 2 rings (SSSR count). The van der Waals surface area contributed by atoms with Crippen LogP contribution in [-0.2, 0) is 0 Å². The molecule has 4 nitrogen and oxygen atoms in total. The number of rotatable bonds is 6. The molecule has 0 spiro atoms. The number of carbonyl (C=O) groups is 1. The highest BCUT2D eigenvalue weighted by molar-refractivity contribution is 6.32. The van der Waals surface area contributed by atoms with E-state index < -0.39 is 0 Å². The van der Waals surface area contributed by atoms with E-state index in [1.165, 1.54) is 12.7 Å².